The maximum atomic E-state index is 12.3. The van der Waals surface area contributed by atoms with Crippen molar-refractivity contribution in [3.63, 3.8) is 0 Å². The largest absolute Gasteiger partial charge is 0.400 e. The van der Waals surface area contributed by atoms with E-state index < -0.39 is 12.7 Å². The molecule has 4 N–H and O–H groups in total. The monoisotopic (exact) mass is 321 g/mol. The summed E-state index contributed by atoms with van der Waals surface area (Å²) in [5.41, 5.74) is 9.72. The lowest BCUT2D eigenvalue weighted by molar-refractivity contribution is 0.282. The van der Waals surface area contributed by atoms with Crippen LogP contribution in [0, 0.1) is 0 Å². The first-order valence-electron chi connectivity index (χ1n) is 7.78. The van der Waals surface area contributed by atoms with Crippen LogP contribution in [0.3, 0.4) is 0 Å². The molecule has 0 aliphatic rings. The van der Waals surface area contributed by atoms with Crippen molar-refractivity contribution in [2.45, 2.75) is 32.9 Å². The molecule has 0 fully saturated rings. The van der Waals surface area contributed by atoms with Crippen LogP contribution in [-0.2, 0) is 13.0 Å². The Labute approximate surface area is 138 Å². The molecule has 2 aromatic rings. The molecule has 4 heteroatoms. The molecular weight excluding hydrogens is 293 g/mol. The highest BCUT2D eigenvalue weighted by atomic mass is 19.1. The molecule has 128 valence electrons. The number of hydrogen-bond acceptors (Lipinski definition) is 3. The van der Waals surface area contributed by atoms with Gasteiger partial charge in [0.1, 0.15) is 6.67 Å². The lowest BCUT2D eigenvalue weighted by Crippen LogP contribution is -2.24. The Bertz CT molecular complexity index is 512. The van der Waals surface area contributed by atoms with Gasteiger partial charge in [0, 0.05) is 13.2 Å². The molecule has 0 aliphatic heterocycles. The van der Waals surface area contributed by atoms with Gasteiger partial charge >= 0.3 is 0 Å². The average Bonchev–Trinajstić information content (AvgIpc) is 2.65. The minimum Gasteiger partial charge on any atom is -0.400 e. The van der Waals surface area contributed by atoms with E-state index in [0.29, 0.717) is 6.42 Å². The lowest BCUT2D eigenvalue weighted by Gasteiger charge is -2.08. The van der Waals surface area contributed by atoms with Crippen molar-refractivity contribution in [3.05, 3.63) is 59.7 Å². The SMILES string of the molecule is CC.CO.NC(CF)Cc1ccc(-c2ccc(CO)cc2)cc1. The third-order valence-electron chi connectivity index (χ3n) is 3.12. The Balaban J connectivity index is 0.00000112. The first-order chi connectivity index (χ1) is 11.2. The second-order valence-electron chi connectivity index (χ2n) is 4.67. The molecule has 1 atom stereocenters. The van der Waals surface area contributed by atoms with Gasteiger partial charge in [0.05, 0.1) is 6.61 Å². The fraction of sp³-hybridized carbons (Fsp3) is 0.368. The molecule has 0 radical (unpaired) electrons. The fourth-order valence-electron chi connectivity index (χ4n) is 1.99. The van der Waals surface area contributed by atoms with E-state index in [1.54, 1.807) is 0 Å². The number of halogens is 1. The maximum Gasteiger partial charge on any atom is 0.105 e. The molecule has 3 nitrogen and oxygen atoms in total. The molecular formula is C19H28FNO2. The molecule has 0 saturated carbocycles. The van der Waals surface area contributed by atoms with Crippen LogP contribution in [0.2, 0.25) is 0 Å². The summed E-state index contributed by atoms with van der Waals surface area (Å²) in [4.78, 5) is 0. The van der Waals surface area contributed by atoms with Crippen molar-refractivity contribution >= 4 is 0 Å². The van der Waals surface area contributed by atoms with E-state index in [9.17, 15) is 4.39 Å². The van der Waals surface area contributed by atoms with Gasteiger partial charge in [0.15, 0.2) is 0 Å². The Morgan fingerprint density at radius 2 is 1.26 bits per heavy atom. The third kappa shape index (κ3) is 7.37. The first kappa shape index (κ1) is 21.2. The topological polar surface area (TPSA) is 66.5 Å². The summed E-state index contributed by atoms with van der Waals surface area (Å²) in [6, 6.07) is 15.3. The molecule has 1 unspecified atom stereocenters. The highest BCUT2D eigenvalue weighted by Gasteiger charge is 2.04. The molecule has 0 spiro atoms. The molecule has 0 bridgehead atoms. The average molecular weight is 321 g/mol. The number of aliphatic hydroxyl groups is 2. The Kier molecular flexibility index (Phi) is 11.8. The van der Waals surface area contributed by atoms with Crippen LogP contribution < -0.4 is 5.73 Å². The van der Waals surface area contributed by atoms with Gasteiger partial charge in [-0.05, 0) is 28.7 Å². The first-order valence-corrected chi connectivity index (χ1v) is 7.78. The summed E-state index contributed by atoms with van der Waals surface area (Å²) in [6.45, 7) is 3.56. The highest BCUT2D eigenvalue weighted by molar-refractivity contribution is 5.63. The Morgan fingerprint density at radius 1 is 0.870 bits per heavy atom. The molecule has 0 saturated heterocycles. The summed E-state index contributed by atoms with van der Waals surface area (Å²) in [5.74, 6) is 0. The van der Waals surface area contributed by atoms with Crippen LogP contribution in [0.25, 0.3) is 11.1 Å². The maximum absolute atomic E-state index is 12.3. The summed E-state index contributed by atoms with van der Waals surface area (Å²) in [7, 11) is 1.00. The number of nitrogens with two attached hydrogens (primary N) is 1. The van der Waals surface area contributed by atoms with Gasteiger partial charge in [-0.25, -0.2) is 4.39 Å². The number of benzene rings is 2. The normalized spacial score (nSPS) is 10.7. The third-order valence-corrected chi connectivity index (χ3v) is 3.12. The van der Waals surface area contributed by atoms with Gasteiger partial charge in [0.2, 0.25) is 0 Å². The zero-order chi connectivity index (χ0) is 17.7. The van der Waals surface area contributed by atoms with E-state index in [0.717, 1.165) is 29.4 Å². The smallest absolute Gasteiger partial charge is 0.105 e. The summed E-state index contributed by atoms with van der Waals surface area (Å²) < 4.78 is 12.3. The van der Waals surface area contributed by atoms with E-state index in [2.05, 4.69) is 0 Å². The molecule has 2 rings (SSSR count). The van der Waals surface area contributed by atoms with Gasteiger partial charge in [0.25, 0.3) is 0 Å². The van der Waals surface area contributed by atoms with Crippen molar-refractivity contribution < 1.29 is 14.6 Å². The molecule has 23 heavy (non-hydrogen) atoms. The van der Waals surface area contributed by atoms with Crippen molar-refractivity contribution in [1.82, 2.24) is 0 Å². The van der Waals surface area contributed by atoms with Gasteiger partial charge in [-0.3, -0.25) is 0 Å². The van der Waals surface area contributed by atoms with E-state index >= 15 is 0 Å². The van der Waals surface area contributed by atoms with Crippen LogP contribution in [0.4, 0.5) is 4.39 Å². The number of aliphatic hydroxyl groups excluding tert-OH is 2. The quantitative estimate of drug-likeness (QED) is 0.791. The number of alkyl halides is 1. The van der Waals surface area contributed by atoms with E-state index in [4.69, 9.17) is 15.9 Å². The minimum absolute atomic E-state index is 0.0559. The van der Waals surface area contributed by atoms with Crippen LogP contribution in [-0.4, -0.2) is 30.0 Å². The number of hydrogen-bond donors (Lipinski definition) is 3. The predicted octanol–water partition coefficient (Wildman–Crippen LogP) is 3.32. The zero-order valence-electron chi connectivity index (χ0n) is 14.2. The Morgan fingerprint density at radius 3 is 1.61 bits per heavy atom. The van der Waals surface area contributed by atoms with Gasteiger partial charge in [-0.2, -0.15) is 0 Å². The van der Waals surface area contributed by atoms with Crippen LogP contribution in [0.1, 0.15) is 25.0 Å². The van der Waals surface area contributed by atoms with Crippen LogP contribution in [0.15, 0.2) is 48.5 Å². The van der Waals surface area contributed by atoms with Crippen LogP contribution in [0.5, 0.6) is 0 Å². The standard InChI is InChI=1S/C16H18FNO.C2H6.CH4O/c17-10-16(18)9-12-1-5-14(6-2-12)15-7-3-13(11-19)4-8-15;2*1-2/h1-8,16,19H,9-11,18H2;1-2H3;2H,1H3. The minimum atomic E-state index is -0.496. The van der Waals surface area contributed by atoms with Crippen molar-refractivity contribution in [2.24, 2.45) is 5.73 Å². The van der Waals surface area contributed by atoms with E-state index in [1.807, 2.05) is 62.4 Å². The van der Waals surface area contributed by atoms with Crippen LogP contribution >= 0.6 is 0 Å². The van der Waals surface area contributed by atoms with E-state index in [-0.39, 0.29) is 6.61 Å². The molecule has 0 heterocycles. The Hall–Kier alpha value is -1.75. The second-order valence-corrected chi connectivity index (χ2v) is 4.67. The number of rotatable bonds is 5. The summed E-state index contributed by atoms with van der Waals surface area (Å²) in [5, 5.41) is 16.0. The molecule has 0 amide bonds. The fourth-order valence-corrected chi connectivity index (χ4v) is 1.99. The molecule has 0 aromatic heterocycles. The summed E-state index contributed by atoms with van der Waals surface area (Å²) in [6.07, 6.45) is 0.556. The van der Waals surface area contributed by atoms with Gasteiger partial charge < -0.3 is 15.9 Å². The van der Waals surface area contributed by atoms with Gasteiger partial charge in [-0.1, -0.05) is 62.4 Å². The van der Waals surface area contributed by atoms with Crippen molar-refractivity contribution in [2.75, 3.05) is 13.8 Å². The predicted molar refractivity (Wildman–Crippen MR) is 94.9 cm³/mol. The molecule has 2 aromatic carbocycles. The van der Waals surface area contributed by atoms with E-state index in [1.165, 1.54) is 0 Å². The highest BCUT2D eigenvalue weighted by Crippen LogP contribution is 2.20. The molecule has 0 aliphatic carbocycles. The van der Waals surface area contributed by atoms with Gasteiger partial charge in [-0.15, -0.1) is 0 Å². The van der Waals surface area contributed by atoms with Crippen molar-refractivity contribution in [1.29, 1.82) is 0 Å². The van der Waals surface area contributed by atoms with Crippen molar-refractivity contribution in [3.8, 4) is 11.1 Å². The second kappa shape index (κ2) is 12.8. The summed E-state index contributed by atoms with van der Waals surface area (Å²) >= 11 is 0. The lowest BCUT2D eigenvalue weighted by atomic mass is 10.0. The zero-order valence-corrected chi connectivity index (χ0v) is 14.2.